The fourth-order valence-corrected chi connectivity index (χ4v) is 0.875. The number of Topliss-reactive ketones (excluding diaryl/α,β-unsaturated/α-hetero) is 1. The molecule has 0 saturated carbocycles. The second-order valence-corrected chi connectivity index (χ2v) is 3.07. The van der Waals surface area contributed by atoms with Crippen molar-refractivity contribution in [1.82, 2.24) is 5.32 Å². The number of aliphatic hydroxyl groups is 1. The van der Waals surface area contributed by atoms with Gasteiger partial charge in [-0.05, 0) is 26.3 Å². The Labute approximate surface area is 74.2 Å². The van der Waals surface area contributed by atoms with Crippen LogP contribution in [0.5, 0.6) is 0 Å². The van der Waals surface area contributed by atoms with Gasteiger partial charge in [-0.15, -0.1) is 0 Å². The topological polar surface area (TPSA) is 49.3 Å². The first-order valence-corrected chi connectivity index (χ1v) is 4.55. The summed E-state index contributed by atoms with van der Waals surface area (Å²) < 4.78 is 0. The summed E-state index contributed by atoms with van der Waals surface area (Å²) in [6.07, 6.45) is 2.03. The van der Waals surface area contributed by atoms with Gasteiger partial charge in [-0.25, -0.2) is 0 Å². The number of rotatable bonds is 7. The molecule has 0 fully saturated rings. The third-order valence-corrected chi connectivity index (χ3v) is 1.73. The minimum absolute atomic E-state index is 0.229. The van der Waals surface area contributed by atoms with Crippen LogP contribution in [0.2, 0.25) is 0 Å². The van der Waals surface area contributed by atoms with Crippen LogP contribution in [0, 0.1) is 0 Å². The molecule has 0 bridgehead atoms. The molecular formula is C9H19NO2. The normalized spacial score (nSPS) is 12.9. The zero-order chi connectivity index (χ0) is 9.40. The van der Waals surface area contributed by atoms with E-state index in [9.17, 15) is 4.79 Å². The first kappa shape index (κ1) is 11.6. The van der Waals surface area contributed by atoms with E-state index >= 15 is 0 Å². The highest BCUT2D eigenvalue weighted by atomic mass is 16.3. The molecule has 0 rings (SSSR count). The Balaban J connectivity index is 3.05. The average molecular weight is 173 g/mol. The average Bonchev–Trinajstić information content (AvgIpc) is 2.03. The van der Waals surface area contributed by atoms with Crippen LogP contribution in [-0.2, 0) is 4.79 Å². The second kappa shape index (κ2) is 7.25. The van der Waals surface area contributed by atoms with Crippen LogP contribution in [0.4, 0.5) is 0 Å². The SMILES string of the molecule is CCC(O)CNCCCC(C)=O. The van der Waals surface area contributed by atoms with Gasteiger partial charge in [0.25, 0.3) is 0 Å². The predicted molar refractivity (Wildman–Crippen MR) is 49.1 cm³/mol. The third kappa shape index (κ3) is 7.69. The lowest BCUT2D eigenvalue weighted by atomic mass is 10.2. The highest BCUT2D eigenvalue weighted by Crippen LogP contribution is 1.89. The van der Waals surface area contributed by atoms with Gasteiger partial charge in [0.1, 0.15) is 5.78 Å². The van der Waals surface area contributed by atoms with Crippen molar-refractivity contribution >= 4 is 5.78 Å². The maximum atomic E-state index is 10.5. The van der Waals surface area contributed by atoms with E-state index in [0.717, 1.165) is 19.4 Å². The van der Waals surface area contributed by atoms with Crippen molar-refractivity contribution in [3.8, 4) is 0 Å². The Hall–Kier alpha value is -0.410. The highest BCUT2D eigenvalue weighted by molar-refractivity contribution is 5.75. The molecule has 3 heteroatoms. The van der Waals surface area contributed by atoms with E-state index in [0.29, 0.717) is 13.0 Å². The summed E-state index contributed by atoms with van der Waals surface area (Å²) in [6.45, 7) is 4.99. The van der Waals surface area contributed by atoms with Gasteiger partial charge in [-0.2, -0.15) is 0 Å². The molecule has 0 aliphatic heterocycles. The molecule has 0 heterocycles. The molecule has 0 saturated heterocycles. The van der Waals surface area contributed by atoms with E-state index in [1.165, 1.54) is 0 Å². The Bertz CT molecular complexity index is 126. The lowest BCUT2D eigenvalue weighted by molar-refractivity contribution is -0.117. The van der Waals surface area contributed by atoms with E-state index in [-0.39, 0.29) is 11.9 Å². The van der Waals surface area contributed by atoms with Gasteiger partial charge >= 0.3 is 0 Å². The van der Waals surface area contributed by atoms with Crippen molar-refractivity contribution in [3.05, 3.63) is 0 Å². The molecule has 2 N–H and O–H groups in total. The summed E-state index contributed by atoms with van der Waals surface area (Å²) in [4.78, 5) is 10.5. The standard InChI is InChI=1S/C9H19NO2/c1-3-9(12)7-10-6-4-5-8(2)11/h9-10,12H,3-7H2,1-2H3. The van der Waals surface area contributed by atoms with Crippen molar-refractivity contribution < 1.29 is 9.90 Å². The fraction of sp³-hybridized carbons (Fsp3) is 0.889. The third-order valence-electron chi connectivity index (χ3n) is 1.73. The first-order valence-electron chi connectivity index (χ1n) is 4.55. The first-order chi connectivity index (χ1) is 5.66. The zero-order valence-electron chi connectivity index (χ0n) is 7.97. The molecule has 3 nitrogen and oxygen atoms in total. The number of hydrogen-bond acceptors (Lipinski definition) is 3. The summed E-state index contributed by atoms with van der Waals surface area (Å²) in [6, 6.07) is 0. The van der Waals surface area contributed by atoms with E-state index in [4.69, 9.17) is 5.11 Å². The number of hydrogen-bond donors (Lipinski definition) is 2. The Morgan fingerprint density at radius 3 is 2.75 bits per heavy atom. The van der Waals surface area contributed by atoms with Crippen LogP contribution < -0.4 is 5.32 Å². The Morgan fingerprint density at radius 2 is 2.25 bits per heavy atom. The molecule has 12 heavy (non-hydrogen) atoms. The van der Waals surface area contributed by atoms with Crippen molar-refractivity contribution in [2.24, 2.45) is 0 Å². The molecule has 1 atom stereocenters. The summed E-state index contributed by atoms with van der Waals surface area (Å²) in [5.74, 6) is 0.229. The van der Waals surface area contributed by atoms with Crippen molar-refractivity contribution in [1.29, 1.82) is 0 Å². The van der Waals surface area contributed by atoms with Crippen molar-refractivity contribution in [3.63, 3.8) is 0 Å². The monoisotopic (exact) mass is 173 g/mol. The van der Waals surface area contributed by atoms with Gasteiger partial charge in [-0.1, -0.05) is 6.92 Å². The van der Waals surface area contributed by atoms with Gasteiger partial charge < -0.3 is 15.2 Å². The number of carbonyl (C=O) groups is 1. The van der Waals surface area contributed by atoms with Gasteiger partial charge in [0.15, 0.2) is 0 Å². The molecule has 0 aliphatic rings. The second-order valence-electron chi connectivity index (χ2n) is 3.07. The Kier molecular flexibility index (Phi) is 7.00. The van der Waals surface area contributed by atoms with Crippen LogP contribution in [0.25, 0.3) is 0 Å². The van der Waals surface area contributed by atoms with Crippen LogP contribution in [0.3, 0.4) is 0 Å². The molecule has 0 amide bonds. The smallest absolute Gasteiger partial charge is 0.129 e. The van der Waals surface area contributed by atoms with E-state index in [2.05, 4.69) is 5.32 Å². The number of aliphatic hydroxyl groups excluding tert-OH is 1. The van der Waals surface area contributed by atoms with E-state index in [1.54, 1.807) is 6.92 Å². The predicted octanol–water partition coefficient (Wildman–Crippen LogP) is 0.716. The summed E-state index contributed by atoms with van der Waals surface area (Å²) in [5.41, 5.74) is 0. The summed E-state index contributed by atoms with van der Waals surface area (Å²) in [7, 11) is 0. The lowest BCUT2D eigenvalue weighted by Gasteiger charge is -2.08. The number of carbonyl (C=O) groups excluding carboxylic acids is 1. The van der Waals surface area contributed by atoms with Crippen molar-refractivity contribution in [2.75, 3.05) is 13.1 Å². The van der Waals surface area contributed by atoms with Gasteiger partial charge in [-0.3, -0.25) is 0 Å². The molecule has 0 radical (unpaired) electrons. The maximum Gasteiger partial charge on any atom is 0.129 e. The fourth-order valence-electron chi connectivity index (χ4n) is 0.875. The van der Waals surface area contributed by atoms with Crippen LogP contribution in [0.1, 0.15) is 33.1 Å². The molecule has 0 aromatic heterocycles. The van der Waals surface area contributed by atoms with Crippen molar-refractivity contribution in [2.45, 2.75) is 39.2 Å². The largest absolute Gasteiger partial charge is 0.392 e. The maximum absolute atomic E-state index is 10.5. The van der Waals surface area contributed by atoms with Crippen LogP contribution in [0.15, 0.2) is 0 Å². The van der Waals surface area contributed by atoms with E-state index in [1.807, 2.05) is 6.92 Å². The van der Waals surface area contributed by atoms with Gasteiger partial charge in [0, 0.05) is 13.0 Å². The highest BCUT2D eigenvalue weighted by Gasteiger charge is 1.98. The molecule has 72 valence electrons. The number of ketones is 1. The molecule has 1 unspecified atom stereocenters. The number of nitrogens with one attached hydrogen (secondary N) is 1. The summed E-state index contributed by atoms with van der Waals surface area (Å²) >= 11 is 0. The molecule has 0 spiro atoms. The minimum atomic E-state index is -0.248. The lowest BCUT2D eigenvalue weighted by Crippen LogP contribution is -2.27. The minimum Gasteiger partial charge on any atom is -0.392 e. The van der Waals surface area contributed by atoms with Gasteiger partial charge in [0.2, 0.25) is 0 Å². The molecule has 0 aliphatic carbocycles. The molecular weight excluding hydrogens is 154 g/mol. The zero-order valence-corrected chi connectivity index (χ0v) is 7.97. The van der Waals surface area contributed by atoms with Crippen LogP contribution >= 0.6 is 0 Å². The Morgan fingerprint density at radius 1 is 1.58 bits per heavy atom. The quantitative estimate of drug-likeness (QED) is 0.558. The van der Waals surface area contributed by atoms with Crippen LogP contribution in [-0.4, -0.2) is 30.1 Å². The van der Waals surface area contributed by atoms with Gasteiger partial charge in [0.05, 0.1) is 6.10 Å². The molecule has 0 aromatic carbocycles. The van der Waals surface area contributed by atoms with E-state index < -0.39 is 0 Å². The molecule has 0 aromatic rings. The summed E-state index contributed by atoms with van der Waals surface area (Å²) in [5, 5.41) is 12.2.